The molecule has 33 heavy (non-hydrogen) atoms. The highest BCUT2D eigenvalue weighted by atomic mass is 16.5. The molecule has 5 rings (SSSR count). The summed E-state index contributed by atoms with van der Waals surface area (Å²) in [4.78, 5) is 17.1. The predicted octanol–water partition coefficient (Wildman–Crippen LogP) is 2.04. The van der Waals surface area contributed by atoms with Crippen LogP contribution in [0.4, 0.5) is 0 Å². The Bertz CT molecular complexity index is 1120. The largest absolute Gasteiger partial charge is 0.484 e. The average molecular weight is 458 g/mol. The molecule has 2 aromatic heterocycles. The number of aliphatic hydroxyl groups excluding tert-OH is 4. The zero-order chi connectivity index (χ0) is 23.8. The number of hydrogen-bond donors (Lipinski definition) is 4. The Kier molecular flexibility index (Phi) is 5.03. The third-order valence-electron chi connectivity index (χ3n) is 8.94. The number of pyridine rings is 1. The maximum absolute atomic E-state index is 13.1. The van der Waals surface area contributed by atoms with Crippen molar-refractivity contribution in [3.63, 3.8) is 0 Å². The Morgan fingerprint density at radius 3 is 2.61 bits per heavy atom. The predicted molar refractivity (Wildman–Crippen MR) is 118 cm³/mol. The average Bonchev–Trinajstić information content (AvgIpc) is 2.78. The van der Waals surface area contributed by atoms with Crippen molar-refractivity contribution in [1.29, 1.82) is 0 Å². The van der Waals surface area contributed by atoms with Gasteiger partial charge in [-0.25, -0.2) is 4.79 Å². The summed E-state index contributed by atoms with van der Waals surface area (Å²) in [6.07, 6.45) is 1.56. The van der Waals surface area contributed by atoms with E-state index in [1.807, 2.05) is 13.8 Å². The lowest BCUT2D eigenvalue weighted by Gasteiger charge is -2.66. The van der Waals surface area contributed by atoms with Crippen molar-refractivity contribution in [1.82, 2.24) is 4.98 Å². The molecule has 8 heteroatoms. The first kappa shape index (κ1) is 22.5. The van der Waals surface area contributed by atoms with Crippen LogP contribution >= 0.6 is 0 Å². The second-order valence-corrected chi connectivity index (χ2v) is 10.7. The molecule has 1 aliphatic heterocycles. The first-order valence-electron chi connectivity index (χ1n) is 11.5. The maximum atomic E-state index is 13.1. The molecule has 178 valence electrons. The molecule has 4 N–H and O–H groups in total. The third-order valence-corrected chi connectivity index (χ3v) is 8.94. The van der Waals surface area contributed by atoms with Crippen LogP contribution < -0.4 is 10.4 Å². The van der Waals surface area contributed by atoms with E-state index in [1.165, 1.54) is 0 Å². The minimum absolute atomic E-state index is 0.0380. The first-order valence-corrected chi connectivity index (χ1v) is 11.5. The number of aromatic nitrogens is 1. The summed E-state index contributed by atoms with van der Waals surface area (Å²) in [7, 11) is 0. The second kappa shape index (κ2) is 7.37. The van der Waals surface area contributed by atoms with Gasteiger partial charge in [0, 0.05) is 35.4 Å². The number of aliphatic hydroxyl groups is 4. The summed E-state index contributed by atoms with van der Waals surface area (Å²) in [5.41, 5.74) is -2.67. The number of ether oxygens (including phenoxy) is 1. The topological polar surface area (TPSA) is 133 Å². The van der Waals surface area contributed by atoms with E-state index in [1.54, 1.807) is 37.5 Å². The lowest BCUT2D eigenvalue weighted by atomic mass is 9.42. The van der Waals surface area contributed by atoms with Gasteiger partial charge >= 0.3 is 5.63 Å². The van der Waals surface area contributed by atoms with Gasteiger partial charge in [-0.15, -0.1) is 0 Å². The fraction of sp³-hybridized carbons (Fsp3) is 0.600. The van der Waals surface area contributed by atoms with Crippen molar-refractivity contribution in [3.8, 4) is 17.1 Å². The van der Waals surface area contributed by atoms with Crippen molar-refractivity contribution in [2.45, 2.75) is 63.9 Å². The molecule has 8 nitrogen and oxygen atoms in total. The van der Waals surface area contributed by atoms with E-state index in [-0.39, 0.29) is 29.6 Å². The Hall–Kier alpha value is -2.26. The van der Waals surface area contributed by atoms with E-state index < -0.39 is 46.3 Å². The van der Waals surface area contributed by atoms with Crippen molar-refractivity contribution in [2.75, 3.05) is 6.61 Å². The maximum Gasteiger partial charge on any atom is 0.345 e. The Labute approximate surface area is 191 Å². The quantitative estimate of drug-likeness (QED) is 0.539. The molecule has 0 amide bonds. The van der Waals surface area contributed by atoms with Gasteiger partial charge in [0.2, 0.25) is 0 Å². The lowest BCUT2D eigenvalue weighted by molar-refractivity contribution is -0.264. The van der Waals surface area contributed by atoms with Gasteiger partial charge in [0.05, 0.1) is 24.9 Å². The molecule has 3 aliphatic rings. The zero-order valence-electron chi connectivity index (χ0n) is 19.1. The molecule has 0 aromatic carbocycles. The van der Waals surface area contributed by atoms with Crippen LogP contribution in [-0.2, 0) is 0 Å². The highest BCUT2D eigenvalue weighted by Crippen LogP contribution is 2.66. The molecule has 0 saturated heterocycles. The normalized spacial score (nSPS) is 42.0. The highest BCUT2D eigenvalue weighted by molar-refractivity contribution is 5.59. The van der Waals surface area contributed by atoms with E-state index in [0.29, 0.717) is 24.8 Å². The zero-order valence-corrected chi connectivity index (χ0v) is 19.1. The Balaban J connectivity index is 1.65. The van der Waals surface area contributed by atoms with Crippen LogP contribution in [0.2, 0.25) is 0 Å². The highest BCUT2D eigenvalue weighted by Gasteiger charge is 2.68. The van der Waals surface area contributed by atoms with E-state index >= 15 is 0 Å². The second-order valence-electron chi connectivity index (χ2n) is 10.7. The smallest absolute Gasteiger partial charge is 0.345 e. The Morgan fingerprint density at radius 2 is 1.94 bits per heavy atom. The van der Waals surface area contributed by atoms with Gasteiger partial charge in [-0.2, -0.15) is 0 Å². The first-order chi connectivity index (χ1) is 15.6. The molecule has 4 unspecified atom stereocenters. The molecule has 0 bridgehead atoms. The van der Waals surface area contributed by atoms with Gasteiger partial charge in [-0.3, -0.25) is 4.98 Å². The van der Waals surface area contributed by atoms with Gasteiger partial charge in [0.15, 0.2) is 0 Å². The fourth-order valence-corrected chi connectivity index (χ4v) is 7.08. The minimum atomic E-state index is -1.24. The van der Waals surface area contributed by atoms with E-state index in [4.69, 9.17) is 9.15 Å². The molecule has 0 radical (unpaired) electrons. The van der Waals surface area contributed by atoms with Gasteiger partial charge in [0.1, 0.15) is 22.7 Å². The van der Waals surface area contributed by atoms with Crippen molar-refractivity contribution < 1.29 is 29.6 Å². The molecule has 3 heterocycles. The van der Waals surface area contributed by atoms with Crippen molar-refractivity contribution >= 4 is 0 Å². The van der Waals surface area contributed by atoms with Gasteiger partial charge in [-0.1, -0.05) is 13.8 Å². The summed E-state index contributed by atoms with van der Waals surface area (Å²) in [6.45, 7) is 5.37. The van der Waals surface area contributed by atoms with Crippen LogP contribution in [0.25, 0.3) is 11.3 Å². The monoisotopic (exact) mass is 457 g/mol. The van der Waals surface area contributed by atoms with Gasteiger partial charge in [-0.05, 0) is 49.7 Å². The molecular weight excluding hydrogens is 426 g/mol. The third kappa shape index (κ3) is 2.97. The van der Waals surface area contributed by atoms with Crippen LogP contribution in [0.1, 0.15) is 51.7 Å². The molecule has 2 fully saturated rings. The van der Waals surface area contributed by atoms with Crippen LogP contribution in [0.5, 0.6) is 5.75 Å². The molecule has 2 aromatic rings. The van der Waals surface area contributed by atoms with E-state index in [0.717, 1.165) is 0 Å². The van der Waals surface area contributed by atoms with E-state index in [9.17, 15) is 25.2 Å². The van der Waals surface area contributed by atoms with Crippen LogP contribution in [0.15, 0.2) is 39.8 Å². The molecule has 2 aliphatic carbocycles. The summed E-state index contributed by atoms with van der Waals surface area (Å²) in [5.74, 6) is -0.465. The number of rotatable bonds is 2. The van der Waals surface area contributed by atoms with Gasteiger partial charge in [0.25, 0.3) is 0 Å². The molecule has 2 saturated carbocycles. The Morgan fingerprint density at radius 1 is 1.18 bits per heavy atom. The standard InChI is InChI=1S/C25H31NO7/c1-23-7-6-17(28)24(2,12-27)16(23)10-18(29)25(3)21(23)20(30)19-15(33-25)9-14(32-22(19)31)13-5-4-8-26-11-13/h4-5,8-9,11,16-18,20-21,27-30H,6-7,10,12H2,1-3H3/t16?,17-,18-,20-,21?,23-,24?,25?/m0/s1. The van der Waals surface area contributed by atoms with Crippen molar-refractivity contribution in [3.05, 3.63) is 46.6 Å². The minimum Gasteiger partial charge on any atom is -0.484 e. The molecule has 0 spiro atoms. The van der Waals surface area contributed by atoms with E-state index in [2.05, 4.69) is 4.98 Å². The van der Waals surface area contributed by atoms with Crippen molar-refractivity contribution in [2.24, 2.45) is 22.7 Å². The summed E-state index contributed by atoms with van der Waals surface area (Å²) >= 11 is 0. The SMILES string of the molecule is CC1(CO)C2C[C@H](O)C3(C)Oc4cc(-c5cccnc5)oc(=O)c4[C@H](O)C3[C@@]2(C)CC[C@@H]1O. The number of nitrogens with zero attached hydrogens (tertiary/aromatic N) is 1. The van der Waals surface area contributed by atoms with Crippen LogP contribution in [0, 0.1) is 22.7 Å². The summed E-state index contributed by atoms with van der Waals surface area (Å²) < 4.78 is 11.9. The fourth-order valence-electron chi connectivity index (χ4n) is 7.08. The van der Waals surface area contributed by atoms with Crippen LogP contribution in [0.3, 0.4) is 0 Å². The van der Waals surface area contributed by atoms with Gasteiger partial charge < -0.3 is 29.6 Å². The summed E-state index contributed by atoms with van der Waals surface area (Å²) in [5, 5.41) is 43.9. The van der Waals surface area contributed by atoms with Crippen LogP contribution in [-0.4, -0.2) is 49.8 Å². The summed E-state index contributed by atoms with van der Waals surface area (Å²) in [6, 6.07) is 5.05. The number of fused-ring (bicyclic) bond motifs is 4. The lowest BCUT2D eigenvalue weighted by Crippen LogP contribution is -2.70. The number of hydrogen-bond acceptors (Lipinski definition) is 8. The molecule has 8 atom stereocenters. The molecular formula is C25H31NO7.